The van der Waals surface area contributed by atoms with E-state index in [1.54, 1.807) is 29.1 Å². The van der Waals surface area contributed by atoms with Crippen molar-refractivity contribution < 1.29 is 9.59 Å². The number of rotatable bonds is 4. The van der Waals surface area contributed by atoms with Crippen LogP contribution in [0.3, 0.4) is 0 Å². The molecule has 8 nitrogen and oxygen atoms in total. The van der Waals surface area contributed by atoms with E-state index in [-0.39, 0.29) is 17.6 Å². The van der Waals surface area contributed by atoms with Crippen LogP contribution < -0.4 is 16.0 Å². The Bertz CT molecular complexity index is 785. The van der Waals surface area contributed by atoms with E-state index in [9.17, 15) is 9.59 Å². The van der Waals surface area contributed by atoms with Crippen molar-refractivity contribution >= 4 is 34.8 Å². The molecule has 1 aromatic carbocycles. The number of benzene rings is 1. The van der Waals surface area contributed by atoms with Gasteiger partial charge in [-0.2, -0.15) is 0 Å². The van der Waals surface area contributed by atoms with Gasteiger partial charge in [0.25, 0.3) is 5.91 Å². The monoisotopic (exact) mass is 362 g/mol. The first-order valence-corrected chi connectivity index (χ1v) is 8.42. The summed E-state index contributed by atoms with van der Waals surface area (Å²) in [6, 6.07) is 5.09. The third kappa shape index (κ3) is 4.34. The molecule has 9 heteroatoms. The maximum atomic E-state index is 12.4. The minimum absolute atomic E-state index is 0.224. The van der Waals surface area contributed by atoms with Gasteiger partial charge in [-0.05, 0) is 44.1 Å². The predicted molar refractivity (Wildman–Crippen MR) is 94.9 cm³/mol. The smallest absolute Gasteiger partial charge is 0.277 e. The molecule has 25 heavy (non-hydrogen) atoms. The minimum Gasteiger partial charge on any atom is -0.324 e. The molecule has 2 heterocycles. The van der Waals surface area contributed by atoms with E-state index in [0.717, 1.165) is 25.9 Å². The second-order valence-corrected chi connectivity index (χ2v) is 6.33. The Morgan fingerprint density at radius 3 is 2.72 bits per heavy atom. The number of nitrogens with one attached hydrogen (secondary N) is 3. The molecule has 3 rings (SSSR count). The molecule has 3 N–H and O–H groups in total. The number of halogens is 1. The van der Waals surface area contributed by atoms with Crippen LogP contribution in [0, 0.1) is 0 Å². The number of aromatic nitrogens is 3. The summed E-state index contributed by atoms with van der Waals surface area (Å²) in [5, 5.41) is 17.2. The second kappa shape index (κ2) is 7.62. The zero-order valence-corrected chi connectivity index (χ0v) is 14.5. The molecule has 0 aliphatic carbocycles. The van der Waals surface area contributed by atoms with Gasteiger partial charge < -0.3 is 16.0 Å². The Morgan fingerprint density at radius 1 is 1.24 bits per heavy atom. The molecule has 2 aromatic rings. The van der Waals surface area contributed by atoms with Crippen LogP contribution in [0.25, 0.3) is 0 Å². The standard InChI is InChI=1S/C16H19ClN6O2/c1-10(24)19-14-8-11(17)2-3-13(14)20-16(25)15-9-23(22-21-15)12-4-6-18-7-5-12/h2-3,8-9,12,18H,4-7H2,1H3,(H,19,24)(H,20,25). The van der Waals surface area contributed by atoms with Crippen molar-refractivity contribution in [1.82, 2.24) is 20.3 Å². The van der Waals surface area contributed by atoms with Crippen LogP contribution in [0.2, 0.25) is 5.02 Å². The van der Waals surface area contributed by atoms with E-state index >= 15 is 0 Å². The van der Waals surface area contributed by atoms with Gasteiger partial charge in [0.2, 0.25) is 5.91 Å². The molecular formula is C16H19ClN6O2. The first-order valence-electron chi connectivity index (χ1n) is 8.04. The molecule has 1 aromatic heterocycles. The SMILES string of the molecule is CC(=O)Nc1cc(Cl)ccc1NC(=O)c1cn(C2CCNCC2)nn1. The summed E-state index contributed by atoms with van der Waals surface area (Å²) in [5.74, 6) is -0.649. The lowest BCUT2D eigenvalue weighted by atomic mass is 10.1. The largest absolute Gasteiger partial charge is 0.324 e. The number of hydrogen-bond donors (Lipinski definition) is 3. The lowest BCUT2D eigenvalue weighted by Crippen LogP contribution is -2.29. The summed E-state index contributed by atoms with van der Waals surface area (Å²) in [5.41, 5.74) is 1.10. The highest BCUT2D eigenvalue weighted by Crippen LogP contribution is 2.26. The quantitative estimate of drug-likeness (QED) is 0.773. The topological polar surface area (TPSA) is 101 Å². The summed E-state index contributed by atoms with van der Waals surface area (Å²) >= 11 is 5.95. The first-order chi connectivity index (χ1) is 12.0. The van der Waals surface area contributed by atoms with Crippen LogP contribution in [0.15, 0.2) is 24.4 Å². The Hall–Kier alpha value is -2.45. The summed E-state index contributed by atoms with van der Waals surface area (Å²) in [4.78, 5) is 23.8. The van der Waals surface area contributed by atoms with Gasteiger partial charge in [-0.3, -0.25) is 9.59 Å². The zero-order valence-electron chi connectivity index (χ0n) is 13.8. The van der Waals surface area contributed by atoms with Crippen molar-refractivity contribution in [2.24, 2.45) is 0 Å². The van der Waals surface area contributed by atoms with Crippen molar-refractivity contribution in [2.45, 2.75) is 25.8 Å². The van der Waals surface area contributed by atoms with Crippen LogP contribution in [-0.2, 0) is 4.79 Å². The third-order valence-corrected chi connectivity index (χ3v) is 4.20. The number of carbonyl (C=O) groups excluding carboxylic acids is 2. The Balaban J connectivity index is 1.74. The molecule has 0 atom stereocenters. The van der Waals surface area contributed by atoms with Gasteiger partial charge in [0.15, 0.2) is 5.69 Å². The fourth-order valence-electron chi connectivity index (χ4n) is 2.74. The number of hydrogen-bond acceptors (Lipinski definition) is 5. The number of anilines is 2. The Morgan fingerprint density at radius 2 is 2.00 bits per heavy atom. The summed E-state index contributed by atoms with van der Waals surface area (Å²) < 4.78 is 1.74. The number of piperidine rings is 1. The van der Waals surface area contributed by atoms with Crippen LogP contribution in [-0.4, -0.2) is 39.9 Å². The summed E-state index contributed by atoms with van der Waals surface area (Å²) in [6.45, 7) is 3.24. The van der Waals surface area contributed by atoms with Crippen LogP contribution in [0.1, 0.15) is 36.3 Å². The first kappa shape index (κ1) is 17.4. The normalized spacial score (nSPS) is 15.0. The maximum Gasteiger partial charge on any atom is 0.277 e. The maximum absolute atomic E-state index is 12.4. The van der Waals surface area contributed by atoms with E-state index in [1.807, 2.05) is 0 Å². The minimum atomic E-state index is -0.394. The number of nitrogens with zero attached hydrogens (tertiary/aromatic N) is 3. The van der Waals surface area contributed by atoms with Gasteiger partial charge in [-0.25, -0.2) is 4.68 Å². The van der Waals surface area contributed by atoms with Crippen LogP contribution in [0.4, 0.5) is 11.4 Å². The lowest BCUT2D eigenvalue weighted by Gasteiger charge is -2.22. The van der Waals surface area contributed by atoms with Crippen molar-refractivity contribution in [3.63, 3.8) is 0 Å². The van der Waals surface area contributed by atoms with Gasteiger partial charge in [0, 0.05) is 11.9 Å². The van der Waals surface area contributed by atoms with Crippen molar-refractivity contribution in [3.05, 3.63) is 35.1 Å². The highest BCUT2D eigenvalue weighted by atomic mass is 35.5. The fourth-order valence-corrected chi connectivity index (χ4v) is 2.91. The molecule has 1 fully saturated rings. The van der Waals surface area contributed by atoms with Gasteiger partial charge in [0.1, 0.15) is 0 Å². The van der Waals surface area contributed by atoms with Gasteiger partial charge in [-0.1, -0.05) is 16.8 Å². The highest BCUT2D eigenvalue weighted by molar-refractivity contribution is 6.31. The molecule has 0 unspecified atom stereocenters. The highest BCUT2D eigenvalue weighted by Gasteiger charge is 2.19. The fraction of sp³-hybridized carbons (Fsp3) is 0.375. The van der Waals surface area contributed by atoms with E-state index < -0.39 is 5.91 Å². The molecule has 1 saturated heterocycles. The lowest BCUT2D eigenvalue weighted by molar-refractivity contribution is -0.114. The van der Waals surface area contributed by atoms with E-state index in [1.165, 1.54) is 6.92 Å². The third-order valence-electron chi connectivity index (χ3n) is 3.97. The molecule has 1 aliphatic rings. The van der Waals surface area contributed by atoms with E-state index in [2.05, 4.69) is 26.3 Å². The molecule has 0 saturated carbocycles. The summed E-state index contributed by atoms with van der Waals surface area (Å²) in [6.07, 6.45) is 3.56. The Labute approximate surface area is 149 Å². The molecular weight excluding hydrogens is 344 g/mol. The second-order valence-electron chi connectivity index (χ2n) is 5.89. The molecule has 1 aliphatic heterocycles. The van der Waals surface area contributed by atoms with Gasteiger partial charge in [-0.15, -0.1) is 5.10 Å². The van der Waals surface area contributed by atoms with Crippen LogP contribution >= 0.6 is 11.6 Å². The summed E-state index contributed by atoms with van der Waals surface area (Å²) in [7, 11) is 0. The van der Waals surface area contributed by atoms with E-state index in [4.69, 9.17) is 11.6 Å². The molecule has 0 radical (unpaired) electrons. The predicted octanol–water partition coefficient (Wildman–Crippen LogP) is 2.07. The molecule has 0 spiro atoms. The van der Waals surface area contributed by atoms with Crippen molar-refractivity contribution in [1.29, 1.82) is 0 Å². The molecule has 132 valence electrons. The number of carbonyl (C=O) groups is 2. The van der Waals surface area contributed by atoms with Crippen molar-refractivity contribution in [3.8, 4) is 0 Å². The van der Waals surface area contributed by atoms with E-state index in [0.29, 0.717) is 16.4 Å². The Kier molecular flexibility index (Phi) is 5.30. The van der Waals surface area contributed by atoms with Gasteiger partial charge >= 0.3 is 0 Å². The van der Waals surface area contributed by atoms with Crippen LogP contribution in [0.5, 0.6) is 0 Å². The average Bonchev–Trinajstić information content (AvgIpc) is 3.08. The zero-order chi connectivity index (χ0) is 17.8. The average molecular weight is 363 g/mol. The number of amides is 2. The molecule has 0 bridgehead atoms. The van der Waals surface area contributed by atoms with Crippen molar-refractivity contribution in [2.75, 3.05) is 23.7 Å². The molecule has 2 amide bonds. The van der Waals surface area contributed by atoms with Gasteiger partial charge in [0.05, 0.1) is 23.6 Å².